The highest BCUT2D eigenvalue weighted by molar-refractivity contribution is 7.12. The summed E-state index contributed by atoms with van der Waals surface area (Å²) >= 11 is 1.86. The number of rotatable bonds is 3. The largest absolute Gasteiger partial charge is 0.309 e. The van der Waals surface area contributed by atoms with Crippen LogP contribution in [0.1, 0.15) is 26.9 Å². The van der Waals surface area contributed by atoms with E-state index in [4.69, 9.17) is 0 Å². The van der Waals surface area contributed by atoms with Gasteiger partial charge in [-0.25, -0.2) is 0 Å². The molecule has 1 aromatic heterocycles. The minimum atomic E-state index is 0.319. The Balaban J connectivity index is 2.32. The predicted molar refractivity (Wildman–Crippen MR) is 71.1 cm³/mol. The second-order valence-electron chi connectivity index (χ2n) is 4.08. The van der Waals surface area contributed by atoms with E-state index in [2.05, 4.69) is 55.6 Å². The molecule has 0 saturated carbocycles. The Kier molecular flexibility index (Phi) is 3.42. The Morgan fingerprint density at radius 1 is 1.00 bits per heavy atom. The summed E-state index contributed by atoms with van der Waals surface area (Å²) in [7, 11) is 2.01. The molecule has 1 heterocycles. The molecule has 0 fully saturated rings. The summed E-state index contributed by atoms with van der Waals surface area (Å²) in [6, 6.07) is 13.4. The smallest absolute Gasteiger partial charge is 0.0668 e. The third-order valence-corrected chi connectivity index (χ3v) is 3.81. The van der Waals surface area contributed by atoms with Gasteiger partial charge in [-0.3, -0.25) is 0 Å². The van der Waals surface area contributed by atoms with E-state index < -0.39 is 0 Å². The molecule has 2 aromatic rings. The van der Waals surface area contributed by atoms with Gasteiger partial charge in [0.15, 0.2) is 0 Å². The molecular formula is C14H17NS. The average Bonchev–Trinajstić information content (AvgIpc) is 2.69. The van der Waals surface area contributed by atoms with Crippen LogP contribution in [0.2, 0.25) is 0 Å². The van der Waals surface area contributed by atoms with Crippen LogP contribution in [0, 0.1) is 13.8 Å². The van der Waals surface area contributed by atoms with Crippen LogP contribution in [0.25, 0.3) is 0 Å². The summed E-state index contributed by atoms with van der Waals surface area (Å²) in [5.74, 6) is 0. The summed E-state index contributed by atoms with van der Waals surface area (Å²) in [4.78, 5) is 2.74. The minimum Gasteiger partial charge on any atom is -0.309 e. The molecule has 1 atom stereocenters. The van der Waals surface area contributed by atoms with Gasteiger partial charge in [-0.2, -0.15) is 0 Å². The highest BCUT2D eigenvalue weighted by atomic mass is 32.1. The fourth-order valence-electron chi connectivity index (χ4n) is 1.84. The number of thiophene rings is 1. The predicted octanol–water partition coefficient (Wildman–Crippen LogP) is 3.67. The topological polar surface area (TPSA) is 12.0 Å². The molecule has 0 spiro atoms. The van der Waals surface area contributed by atoms with Crippen LogP contribution in [0.5, 0.6) is 0 Å². The van der Waals surface area contributed by atoms with Crippen LogP contribution in [0.15, 0.2) is 36.4 Å². The first-order valence-corrected chi connectivity index (χ1v) is 6.32. The second kappa shape index (κ2) is 4.81. The Hall–Kier alpha value is -1.12. The van der Waals surface area contributed by atoms with E-state index in [0.29, 0.717) is 6.04 Å². The van der Waals surface area contributed by atoms with Crippen molar-refractivity contribution in [2.45, 2.75) is 19.9 Å². The quantitative estimate of drug-likeness (QED) is 0.850. The van der Waals surface area contributed by atoms with Crippen molar-refractivity contribution in [1.82, 2.24) is 5.32 Å². The van der Waals surface area contributed by atoms with E-state index >= 15 is 0 Å². The van der Waals surface area contributed by atoms with Crippen molar-refractivity contribution in [3.63, 3.8) is 0 Å². The third-order valence-electron chi connectivity index (χ3n) is 2.75. The van der Waals surface area contributed by atoms with Gasteiger partial charge in [0.1, 0.15) is 0 Å². The lowest BCUT2D eigenvalue weighted by Gasteiger charge is -2.15. The van der Waals surface area contributed by atoms with E-state index in [0.717, 1.165) is 0 Å². The van der Waals surface area contributed by atoms with Crippen molar-refractivity contribution in [2.75, 3.05) is 7.05 Å². The van der Waals surface area contributed by atoms with Crippen molar-refractivity contribution in [3.05, 3.63) is 57.3 Å². The lowest BCUT2D eigenvalue weighted by Crippen LogP contribution is -2.16. The zero-order chi connectivity index (χ0) is 11.5. The van der Waals surface area contributed by atoms with Gasteiger partial charge in [0, 0.05) is 9.75 Å². The average molecular weight is 231 g/mol. The summed E-state index contributed by atoms with van der Waals surface area (Å²) in [6.07, 6.45) is 0. The van der Waals surface area contributed by atoms with Crippen LogP contribution in [-0.2, 0) is 0 Å². The first kappa shape index (κ1) is 11.4. The number of hydrogen-bond donors (Lipinski definition) is 1. The Labute approximate surface area is 101 Å². The Morgan fingerprint density at radius 3 is 2.19 bits per heavy atom. The fourth-order valence-corrected chi connectivity index (χ4v) is 2.86. The minimum absolute atomic E-state index is 0.319. The summed E-state index contributed by atoms with van der Waals surface area (Å²) in [5, 5.41) is 3.38. The van der Waals surface area contributed by atoms with E-state index in [1.807, 2.05) is 18.4 Å². The van der Waals surface area contributed by atoms with E-state index in [9.17, 15) is 0 Å². The van der Waals surface area contributed by atoms with Gasteiger partial charge in [-0.15, -0.1) is 11.3 Å². The van der Waals surface area contributed by atoms with Gasteiger partial charge >= 0.3 is 0 Å². The highest BCUT2D eigenvalue weighted by Gasteiger charge is 2.12. The molecule has 0 radical (unpaired) electrons. The van der Waals surface area contributed by atoms with Crippen molar-refractivity contribution in [2.24, 2.45) is 0 Å². The van der Waals surface area contributed by atoms with Crippen LogP contribution in [-0.4, -0.2) is 7.05 Å². The zero-order valence-corrected chi connectivity index (χ0v) is 10.8. The summed E-state index contributed by atoms with van der Waals surface area (Å²) < 4.78 is 0. The molecule has 0 amide bonds. The zero-order valence-electron chi connectivity index (χ0n) is 9.95. The van der Waals surface area contributed by atoms with Gasteiger partial charge in [0.2, 0.25) is 0 Å². The van der Waals surface area contributed by atoms with Gasteiger partial charge in [-0.1, -0.05) is 29.8 Å². The third kappa shape index (κ3) is 2.34. The Bertz CT molecular complexity index is 456. The molecule has 16 heavy (non-hydrogen) atoms. The van der Waals surface area contributed by atoms with Crippen LogP contribution < -0.4 is 5.32 Å². The second-order valence-corrected chi connectivity index (χ2v) is 5.40. The first-order chi connectivity index (χ1) is 7.70. The molecule has 0 aliphatic rings. The SMILES string of the molecule is CNC(c1ccc(C)cc1)c1ccc(C)s1. The number of hydrogen-bond acceptors (Lipinski definition) is 2. The van der Waals surface area contributed by atoms with E-state index in [1.54, 1.807) is 0 Å². The van der Waals surface area contributed by atoms with Gasteiger partial charge < -0.3 is 5.32 Å². The van der Waals surface area contributed by atoms with E-state index in [-0.39, 0.29) is 0 Å². The van der Waals surface area contributed by atoms with Crippen LogP contribution in [0.3, 0.4) is 0 Å². The number of nitrogens with one attached hydrogen (secondary N) is 1. The normalized spacial score (nSPS) is 12.7. The summed E-state index contributed by atoms with van der Waals surface area (Å²) in [5.41, 5.74) is 2.64. The lowest BCUT2D eigenvalue weighted by molar-refractivity contribution is 0.704. The molecule has 0 bridgehead atoms. The Morgan fingerprint density at radius 2 is 1.69 bits per heavy atom. The molecule has 1 nitrogen and oxygen atoms in total. The maximum atomic E-state index is 3.38. The monoisotopic (exact) mass is 231 g/mol. The van der Waals surface area contributed by atoms with Crippen molar-refractivity contribution in [3.8, 4) is 0 Å². The first-order valence-electron chi connectivity index (χ1n) is 5.51. The van der Waals surface area contributed by atoms with Crippen LogP contribution >= 0.6 is 11.3 Å². The summed E-state index contributed by atoms with van der Waals surface area (Å²) in [6.45, 7) is 4.27. The fraction of sp³-hybridized carbons (Fsp3) is 0.286. The lowest BCUT2D eigenvalue weighted by atomic mass is 10.0. The molecule has 1 aromatic carbocycles. The highest BCUT2D eigenvalue weighted by Crippen LogP contribution is 2.27. The van der Waals surface area contributed by atoms with Gasteiger partial charge in [-0.05, 0) is 38.6 Å². The molecule has 1 N–H and O–H groups in total. The standard InChI is InChI=1S/C14H17NS/c1-10-4-7-12(8-5-10)14(15-3)13-9-6-11(2)16-13/h4-9,14-15H,1-3H3. The van der Waals surface area contributed by atoms with Crippen molar-refractivity contribution >= 4 is 11.3 Å². The molecular weight excluding hydrogens is 214 g/mol. The molecule has 0 aliphatic carbocycles. The van der Waals surface area contributed by atoms with E-state index in [1.165, 1.54) is 20.9 Å². The molecule has 0 saturated heterocycles. The van der Waals surface area contributed by atoms with Crippen molar-refractivity contribution in [1.29, 1.82) is 0 Å². The molecule has 2 rings (SSSR count). The maximum absolute atomic E-state index is 3.38. The van der Waals surface area contributed by atoms with Crippen LogP contribution in [0.4, 0.5) is 0 Å². The number of aryl methyl sites for hydroxylation is 2. The molecule has 84 valence electrons. The van der Waals surface area contributed by atoms with Crippen molar-refractivity contribution < 1.29 is 0 Å². The van der Waals surface area contributed by atoms with Gasteiger partial charge in [0.25, 0.3) is 0 Å². The number of benzene rings is 1. The molecule has 0 aliphatic heterocycles. The maximum Gasteiger partial charge on any atom is 0.0668 e. The molecule has 2 heteroatoms. The molecule has 1 unspecified atom stereocenters. The van der Waals surface area contributed by atoms with Gasteiger partial charge in [0.05, 0.1) is 6.04 Å².